The van der Waals surface area contributed by atoms with E-state index in [0.717, 1.165) is 5.57 Å². The molecule has 1 aliphatic rings. The number of esters is 1. The first-order valence-electron chi connectivity index (χ1n) is 8.88. The van der Waals surface area contributed by atoms with Crippen LogP contribution in [0.4, 0.5) is 0 Å². The summed E-state index contributed by atoms with van der Waals surface area (Å²) in [7, 11) is 1.21. The summed E-state index contributed by atoms with van der Waals surface area (Å²) in [5.41, 5.74) is 1.49. The molecule has 142 valence electrons. The van der Waals surface area contributed by atoms with E-state index < -0.39 is 11.9 Å². The van der Waals surface area contributed by atoms with Crippen LogP contribution in [-0.4, -0.2) is 30.4 Å². The van der Waals surface area contributed by atoms with Crippen molar-refractivity contribution in [2.75, 3.05) is 7.11 Å². The van der Waals surface area contributed by atoms with Gasteiger partial charge < -0.3 is 4.74 Å². The minimum Gasteiger partial charge on any atom is -0.466 e. The molecule has 0 aliphatic heterocycles. The molecule has 0 heterocycles. The number of ketones is 3. The second-order valence-corrected chi connectivity index (χ2v) is 7.10. The molecule has 0 aromatic carbocycles. The molecule has 0 N–H and O–H groups in total. The molecule has 0 aromatic heterocycles. The SMILES string of the molecule is COC(=O)/C1=C/C(=O)/C=C(\C)CC/C=C(\C)C(=O)CC(C(C)C)C(=O)C1. The van der Waals surface area contributed by atoms with Gasteiger partial charge in [0, 0.05) is 24.3 Å². The number of ether oxygens (including phenoxy) is 1. The number of carbonyl (C=O) groups is 4. The lowest BCUT2D eigenvalue weighted by Crippen LogP contribution is -2.25. The Bertz CT molecular complexity index is 677. The van der Waals surface area contributed by atoms with Crippen LogP contribution >= 0.6 is 0 Å². The van der Waals surface area contributed by atoms with Gasteiger partial charge in [-0.3, -0.25) is 14.4 Å². The Hall–Kier alpha value is -2.30. The van der Waals surface area contributed by atoms with E-state index in [-0.39, 0.29) is 41.7 Å². The van der Waals surface area contributed by atoms with Gasteiger partial charge in [-0.2, -0.15) is 0 Å². The van der Waals surface area contributed by atoms with Crippen LogP contribution < -0.4 is 0 Å². The number of hydrogen-bond acceptors (Lipinski definition) is 5. The normalized spacial score (nSPS) is 26.9. The highest BCUT2D eigenvalue weighted by molar-refractivity contribution is 6.07. The highest BCUT2D eigenvalue weighted by atomic mass is 16.5. The first-order chi connectivity index (χ1) is 12.1. The Balaban J connectivity index is 3.31. The van der Waals surface area contributed by atoms with E-state index in [1.54, 1.807) is 6.92 Å². The van der Waals surface area contributed by atoms with Crippen molar-refractivity contribution in [3.63, 3.8) is 0 Å². The van der Waals surface area contributed by atoms with Crippen molar-refractivity contribution >= 4 is 23.3 Å². The Morgan fingerprint density at radius 1 is 1.15 bits per heavy atom. The van der Waals surface area contributed by atoms with Crippen molar-refractivity contribution in [2.24, 2.45) is 11.8 Å². The largest absolute Gasteiger partial charge is 0.466 e. The fraction of sp³-hybridized carbons (Fsp3) is 0.524. The monoisotopic (exact) mass is 360 g/mol. The molecule has 0 amide bonds. The van der Waals surface area contributed by atoms with Gasteiger partial charge in [0.2, 0.25) is 0 Å². The van der Waals surface area contributed by atoms with Gasteiger partial charge >= 0.3 is 5.97 Å². The summed E-state index contributed by atoms with van der Waals surface area (Å²) in [6, 6.07) is 0. The number of allylic oxidation sites excluding steroid dienone is 5. The summed E-state index contributed by atoms with van der Waals surface area (Å²) in [5.74, 6) is -1.89. The van der Waals surface area contributed by atoms with Crippen molar-refractivity contribution in [3.8, 4) is 0 Å². The van der Waals surface area contributed by atoms with Crippen LogP contribution in [0.3, 0.4) is 0 Å². The quantitative estimate of drug-likeness (QED) is 0.704. The summed E-state index contributed by atoms with van der Waals surface area (Å²) in [6.07, 6.45) is 5.64. The van der Waals surface area contributed by atoms with Gasteiger partial charge in [-0.25, -0.2) is 4.79 Å². The molecule has 26 heavy (non-hydrogen) atoms. The molecule has 1 unspecified atom stereocenters. The minimum atomic E-state index is -0.699. The topological polar surface area (TPSA) is 77.5 Å². The lowest BCUT2D eigenvalue weighted by Gasteiger charge is -2.19. The molecule has 0 saturated carbocycles. The average molecular weight is 360 g/mol. The molecule has 1 aliphatic carbocycles. The maximum absolute atomic E-state index is 12.7. The van der Waals surface area contributed by atoms with Gasteiger partial charge in [0.15, 0.2) is 11.6 Å². The van der Waals surface area contributed by atoms with E-state index >= 15 is 0 Å². The fourth-order valence-corrected chi connectivity index (χ4v) is 2.87. The first kappa shape index (κ1) is 21.7. The van der Waals surface area contributed by atoms with Crippen LogP contribution in [-0.2, 0) is 23.9 Å². The van der Waals surface area contributed by atoms with E-state index in [2.05, 4.69) is 0 Å². The van der Waals surface area contributed by atoms with Crippen LogP contribution in [0.2, 0.25) is 0 Å². The maximum Gasteiger partial charge on any atom is 0.334 e. The smallest absolute Gasteiger partial charge is 0.334 e. The molecule has 0 saturated heterocycles. The zero-order valence-corrected chi connectivity index (χ0v) is 16.3. The molecule has 1 rings (SSSR count). The number of hydrogen-bond donors (Lipinski definition) is 0. The van der Waals surface area contributed by atoms with Crippen molar-refractivity contribution in [1.29, 1.82) is 0 Å². The Morgan fingerprint density at radius 2 is 1.81 bits per heavy atom. The van der Waals surface area contributed by atoms with Gasteiger partial charge in [0.1, 0.15) is 5.78 Å². The third kappa shape index (κ3) is 6.54. The number of carbonyl (C=O) groups excluding carboxylic acids is 4. The van der Waals surface area contributed by atoms with Crippen LogP contribution in [0.25, 0.3) is 0 Å². The highest BCUT2D eigenvalue weighted by Crippen LogP contribution is 2.23. The molecule has 0 fully saturated rings. The fourth-order valence-electron chi connectivity index (χ4n) is 2.87. The number of Topliss-reactive ketones (excluding diaryl/α,β-unsaturated/α-hetero) is 2. The summed E-state index contributed by atoms with van der Waals surface area (Å²) in [6.45, 7) is 7.31. The van der Waals surface area contributed by atoms with E-state index in [1.807, 2.05) is 26.8 Å². The summed E-state index contributed by atoms with van der Waals surface area (Å²) in [5, 5.41) is 0. The summed E-state index contributed by atoms with van der Waals surface area (Å²) < 4.78 is 4.71. The molecular formula is C21H28O5. The van der Waals surface area contributed by atoms with Crippen molar-refractivity contribution < 1.29 is 23.9 Å². The molecule has 0 spiro atoms. The third-order valence-electron chi connectivity index (χ3n) is 4.57. The lowest BCUT2D eigenvalue weighted by atomic mass is 9.83. The standard InChI is InChI=1S/C21H28O5/c1-13(2)18-12-19(23)15(4)8-6-7-14(3)9-17(22)10-16(11-20(18)24)21(25)26-5/h8-10,13,18H,6-7,11-12H2,1-5H3/b14-9+,15-8+,16-10+. The molecule has 0 radical (unpaired) electrons. The van der Waals surface area contributed by atoms with Gasteiger partial charge in [0.25, 0.3) is 0 Å². The van der Waals surface area contributed by atoms with Gasteiger partial charge in [0.05, 0.1) is 7.11 Å². The van der Waals surface area contributed by atoms with Crippen molar-refractivity contribution in [1.82, 2.24) is 0 Å². The lowest BCUT2D eigenvalue weighted by molar-refractivity contribution is -0.137. The Labute approximate surface area is 155 Å². The number of rotatable bonds is 2. The predicted molar refractivity (Wildman–Crippen MR) is 99.4 cm³/mol. The number of methoxy groups -OCH3 is 1. The predicted octanol–water partition coefficient (Wildman–Crippen LogP) is 3.53. The second-order valence-electron chi connectivity index (χ2n) is 7.10. The van der Waals surface area contributed by atoms with E-state index in [9.17, 15) is 19.2 Å². The van der Waals surface area contributed by atoms with E-state index in [4.69, 9.17) is 4.74 Å². The average Bonchev–Trinajstić information content (AvgIpc) is 2.56. The van der Waals surface area contributed by atoms with Gasteiger partial charge in [-0.15, -0.1) is 0 Å². The summed E-state index contributed by atoms with van der Waals surface area (Å²) in [4.78, 5) is 49.4. The molecular weight excluding hydrogens is 332 g/mol. The van der Waals surface area contributed by atoms with Gasteiger partial charge in [-0.1, -0.05) is 25.5 Å². The highest BCUT2D eigenvalue weighted by Gasteiger charge is 2.28. The Kier molecular flexibility index (Phi) is 8.36. The minimum absolute atomic E-state index is 0.0222. The first-order valence-corrected chi connectivity index (χ1v) is 8.88. The molecule has 5 heteroatoms. The van der Waals surface area contributed by atoms with Crippen LogP contribution in [0, 0.1) is 11.8 Å². The van der Waals surface area contributed by atoms with E-state index in [1.165, 1.54) is 19.3 Å². The zero-order valence-electron chi connectivity index (χ0n) is 16.3. The molecule has 1 atom stereocenters. The van der Waals surface area contributed by atoms with Crippen molar-refractivity contribution in [2.45, 2.75) is 53.4 Å². The Morgan fingerprint density at radius 3 is 2.38 bits per heavy atom. The molecule has 0 bridgehead atoms. The summed E-state index contributed by atoms with van der Waals surface area (Å²) >= 11 is 0. The van der Waals surface area contributed by atoms with Crippen molar-refractivity contribution in [3.05, 3.63) is 34.9 Å². The maximum atomic E-state index is 12.7. The van der Waals surface area contributed by atoms with E-state index in [0.29, 0.717) is 18.4 Å². The van der Waals surface area contributed by atoms with Crippen LogP contribution in [0.5, 0.6) is 0 Å². The third-order valence-corrected chi connectivity index (χ3v) is 4.57. The van der Waals surface area contributed by atoms with Crippen LogP contribution in [0.15, 0.2) is 34.9 Å². The van der Waals surface area contributed by atoms with Crippen LogP contribution in [0.1, 0.15) is 53.4 Å². The molecule has 5 nitrogen and oxygen atoms in total. The van der Waals surface area contributed by atoms with Gasteiger partial charge in [-0.05, 0) is 50.3 Å². The molecule has 0 aromatic rings. The second kappa shape index (κ2) is 10.00. The zero-order chi connectivity index (χ0) is 19.9.